The molecule has 0 aromatic heterocycles. The summed E-state index contributed by atoms with van der Waals surface area (Å²) in [5.41, 5.74) is -1.000. The van der Waals surface area contributed by atoms with Crippen LogP contribution in [0.5, 0.6) is 0 Å². The number of carbonyl (C=O) groups is 1. The Bertz CT molecular complexity index is 215. The molecule has 3 heteroatoms. The Kier molecular flexibility index (Phi) is 2.06. The molecule has 13 heavy (non-hydrogen) atoms. The van der Waals surface area contributed by atoms with Crippen molar-refractivity contribution in [1.29, 1.82) is 0 Å². The molecule has 0 radical (unpaired) electrons. The first-order valence-electron chi connectivity index (χ1n) is 5.13. The lowest BCUT2D eigenvalue weighted by Gasteiger charge is -2.41. The van der Waals surface area contributed by atoms with Crippen LogP contribution in [0.1, 0.15) is 32.6 Å². The summed E-state index contributed by atoms with van der Waals surface area (Å²) in [7, 11) is 0. The highest BCUT2D eigenvalue weighted by Gasteiger charge is 2.44. The van der Waals surface area contributed by atoms with E-state index >= 15 is 0 Å². The van der Waals surface area contributed by atoms with Crippen LogP contribution in [0.2, 0.25) is 0 Å². The summed E-state index contributed by atoms with van der Waals surface area (Å²) in [4.78, 5) is 13.6. The number of carbonyl (C=O) groups excluding carboxylic acids is 1. The maximum atomic E-state index is 11.8. The third-order valence-electron chi connectivity index (χ3n) is 3.18. The zero-order valence-corrected chi connectivity index (χ0v) is 8.12. The minimum absolute atomic E-state index is 0.0249. The molecule has 0 unspecified atom stereocenters. The summed E-state index contributed by atoms with van der Waals surface area (Å²) < 4.78 is 0. The molecule has 1 aliphatic carbocycles. The second-order valence-electron chi connectivity index (χ2n) is 4.55. The Labute approximate surface area is 78.7 Å². The van der Waals surface area contributed by atoms with E-state index in [1.54, 1.807) is 4.90 Å². The molecule has 2 fully saturated rings. The van der Waals surface area contributed by atoms with Gasteiger partial charge in [0.2, 0.25) is 0 Å². The van der Waals surface area contributed by atoms with Gasteiger partial charge in [-0.15, -0.1) is 0 Å². The van der Waals surface area contributed by atoms with Crippen molar-refractivity contribution in [3.05, 3.63) is 0 Å². The summed E-state index contributed by atoms with van der Waals surface area (Å²) >= 11 is 0. The third kappa shape index (κ3) is 1.46. The van der Waals surface area contributed by atoms with Gasteiger partial charge in [0.1, 0.15) is 5.60 Å². The van der Waals surface area contributed by atoms with Crippen LogP contribution in [0.25, 0.3) is 0 Å². The number of aliphatic hydroxyl groups is 1. The fourth-order valence-corrected chi connectivity index (χ4v) is 2.33. The highest BCUT2D eigenvalue weighted by molar-refractivity contribution is 5.85. The Morgan fingerprint density at radius 3 is 2.38 bits per heavy atom. The van der Waals surface area contributed by atoms with Gasteiger partial charge >= 0.3 is 0 Å². The zero-order chi connectivity index (χ0) is 9.47. The van der Waals surface area contributed by atoms with E-state index in [1.165, 1.54) is 0 Å². The Balaban J connectivity index is 1.96. The number of hydrogen-bond acceptors (Lipinski definition) is 2. The van der Waals surface area contributed by atoms with Crippen LogP contribution in [0, 0.1) is 5.92 Å². The highest BCUT2D eigenvalue weighted by Crippen LogP contribution is 2.33. The second kappa shape index (κ2) is 2.98. The second-order valence-corrected chi connectivity index (χ2v) is 4.55. The van der Waals surface area contributed by atoms with Crippen molar-refractivity contribution in [1.82, 2.24) is 4.90 Å². The van der Waals surface area contributed by atoms with E-state index in [0.717, 1.165) is 25.9 Å². The predicted molar refractivity (Wildman–Crippen MR) is 49.2 cm³/mol. The summed E-state index contributed by atoms with van der Waals surface area (Å²) in [6.45, 7) is 3.80. The average molecular weight is 183 g/mol. The summed E-state index contributed by atoms with van der Waals surface area (Å²) in [5, 5.41) is 9.99. The molecule has 0 aromatic rings. The molecular weight excluding hydrogens is 166 g/mol. The molecule has 0 aromatic carbocycles. The van der Waals surface area contributed by atoms with Crippen molar-refractivity contribution >= 4 is 5.91 Å². The number of rotatable bonds is 1. The van der Waals surface area contributed by atoms with E-state index < -0.39 is 5.60 Å². The minimum atomic E-state index is -1.000. The first kappa shape index (κ1) is 9.00. The first-order chi connectivity index (χ1) is 6.12. The lowest BCUT2D eigenvalue weighted by atomic mass is 9.95. The van der Waals surface area contributed by atoms with Gasteiger partial charge in [-0.1, -0.05) is 6.92 Å². The molecule has 3 nitrogen and oxygen atoms in total. The maximum absolute atomic E-state index is 11.8. The predicted octanol–water partition coefficient (Wildman–Crippen LogP) is 0.770. The van der Waals surface area contributed by atoms with Gasteiger partial charge in [0.05, 0.1) is 0 Å². The SMILES string of the molecule is CC1CN(C(=O)C2(O)CCCC2)C1. The summed E-state index contributed by atoms with van der Waals surface area (Å²) in [6, 6.07) is 0. The zero-order valence-electron chi connectivity index (χ0n) is 8.12. The van der Waals surface area contributed by atoms with Crippen LogP contribution in [0.4, 0.5) is 0 Å². The van der Waals surface area contributed by atoms with Gasteiger partial charge in [-0.05, 0) is 31.6 Å². The van der Waals surface area contributed by atoms with E-state index in [2.05, 4.69) is 6.92 Å². The molecule has 2 aliphatic rings. The van der Waals surface area contributed by atoms with E-state index in [9.17, 15) is 9.90 Å². The van der Waals surface area contributed by atoms with Gasteiger partial charge in [0.15, 0.2) is 0 Å². The van der Waals surface area contributed by atoms with Crippen molar-refractivity contribution < 1.29 is 9.90 Å². The molecular formula is C10H17NO2. The van der Waals surface area contributed by atoms with Crippen LogP contribution in [0.3, 0.4) is 0 Å². The van der Waals surface area contributed by atoms with E-state index in [0.29, 0.717) is 18.8 Å². The summed E-state index contributed by atoms with van der Waals surface area (Å²) in [6.07, 6.45) is 3.31. The van der Waals surface area contributed by atoms with Crippen molar-refractivity contribution in [2.24, 2.45) is 5.92 Å². The molecule has 0 spiro atoms. The third-order valence-corrected chi connectivity index (χ3v) is 3.18. The maximum Gasteiger partial charge on any atom is 0.254 e. The number of amides is 1. The standard InChI is InChI=1S/C10H17NO2/c1-8-6-11(7-8)9(12)10(13)4-2-3-5-10/h8,13H,2-7H2,1H3. The quantitative estimate of drug-likeness (QED) is 0.652. The first-order valence-corrected chi connectivity index (χ1v) is 5.13. The topological polar surface area (TPSA) is 40.5 Å². The molecule has 1 heterocycles. The number of nitrogens with zero attached hydrogens (tertiary/aromatic N) is 1. The van der Waals surface area contributed by atoms with Crippen molar-refractivity contribution in [2.75, 3.05) is 13.1 Å². The molecule has 2 rings (SSSR count). The molecule has 1 amide bonds. The monoisotopic (exact) mass is 183 g/mol. The van der Waals surface area contributed by atoms with Crippen LogP contribution in [-0.2, 0) is 4.79 Å². The molecule has 0 atom stereocenters. The lowest BCUT2D eigenvalue weighted by Crippen LogP contribution is -2.56. The number of likely N-dealkylation sites (tertiary alicyclic amines) is 1. The van der Waals surface area contributed by atoms with Crippen LogP contribution < -0.4 is 0 Å². The summed E-state index contributed by atoms with van der Waals surface area (Å²) in [5.74, 6) is 0.594. The van der Waals surface area contributed by atoms with Gasteiger partial charge in [-0.3, -0.25) is 4.79 Å². The smallest absolute Gasteiger partial charge is 0.254 e. The van der Waals surface area contributed by atoms with Crippen LogP contribution in [-0.4, -0.2) is 34.6 Å². The fourth-order valence-electron chi connectivity index (χ4n) is 2.33. The van der Waals surface area contributed by atoms with Gasteiger partial charge in [-0.2, -0.15) is 0 Å². The number of hydrogen-bond donors (Lipinski definition) is 1. The highest BCUT2D eigenvalue weighted by atomic mass is 16.3. The van der Waals surface area contributed by atoms with Crippen molar-refractivity contribution in [3.63, 3.8) is 0 Å². The van der Waals surface area contributed by atoms with Crippen molar-refractivity contribution in [3.8, 4) is 0 Å². The Hall–Kier alpha value is -0.570. The van der Waals surface area contributed by atoms with Gasteiger partial charge < -0.3 is 10.0 Å². The van der Waals surface area contributed by atoms with Crippen LogP contribution >= 0.6 is 0 Å². The Morgan fingerprint density at radius 2 is 1.92 bits per heavy atom. The normalized spacial score (nSPS) is 27.4. The fraction of sp³-hybridized carbons (Fsp3) is 0.900. The average Bonchev–Trinajstić information content (AvgIpc) is 2.46. The molecule has 74 valence electrons. The molecule has 0 bridgehead atoms. The lowest BCUT2D eigenvalue weighted by molar-refractivity contribution is -0.157. The van der Waals surface area contributed by atoms with Crippen LogP contribution in [0.15, 0.2) is 0 Å². The van der Waals surface area contributed by atoms with Gasteiger partial charge in [0.25, 0.3) is 5.91 Å². The molecule has 1 N–H and O–H groups in total. The van der Waals surface area contributed by atoms with Gasteiger partial charge in [-0.25, -0.2) is 0 Å². The largest absolute Gasteiger partial charge is 0.380 e. The molecule has 1 saturated carbocycles. The molecule has 1 aliphatic heterocycles. The Morgan fingerprint density at radius 1 is 1.38 bits per heavy atom. The van der Waals surface area contributed by atoms with E-state index in [4.69, 9.17) is 0 Å². The molecule has 1 saturated heterocycles. The van der Waals surface area contributed by atoms with Gasteiger partial charge in [0, 0.05) is 13.1 Å². The van der Waals surface area contributed by atoms with E-state index in [-0.39, 0.29) is 5.91 Å². The van der Waals surface area contributed by atoms with Crippen molar-refractivity contribution in [2.45, 2.75) is 38.2 Å². The minimum Gasteiger partial charge on any atom is -0.380 e. The van der Waals surface area contributed by atoms with E-state index in [1.807, 2.05) is 0 Å².